The van der Waals surface area contributed by atoms with E-state index in [4.69, 9.17) is 21.1 Å². The molecule has 3 aromatic rings. The van der Waals surface area contributed by atoms with E-state index in [1.807, 2.05) is 30.3 Å². The monoisotopic (exact) mass is 504 g/mol. The summed E-state index contributed by atoms with van der Waals surface area (Å²) in [6, 6.07) is 9.45. The molecule has 8 nitrogen and oxygen atoms in total. The van der Waals surface area contributed by atoms with Crippen LogP contribution in [-0.4, -0.2) is 45.8 Å². The van der Waals surface area contributed by atoms with Gasteiger partial charge in [-0.25, -0.2) is 4.98 Å². The summed E-state index contributed by atoms with van der Waals surface area (Å²) in [4.78, 5) is 34.3. The fourth-order valence-electron chi connectivity index (χ4n) is 5.29. The number of Topliss-reactive ketones (excluding diaryl/α,β-unsaturated/α-hetero) is 1. The van der Waals surface area contributed by atoms with Crippen LogP contribution in [0, 0.1) is 0 Å². The first kappa shape index (κ1) is 22.8. The highest BCUT2D eigenvalue weighted by Crippen LogP contribution is 2.44. The van der Waals surface area contributed by atoms with E-state index < -0.39 is 10.9 Å². The number of aromatic amines is 1. The number of aromatic nitrogens is 2. The Morgan fingerprint density at radius 3 is 2.81 bits per heavy atom. The van der Waals surface area contributed by atoms with E-state index in [2.05, 4.69) is 20.6 Å². The lowest BCUT2D eigenvalue weighted by Gasteiger charge is -2.36. The normalized spacial score (nSPS) is 25.1. The number of pyridine rings is 1. The predicted octanol–water partition coefficient (Wildman–Crippen LogP) is 4.95. The molecule has 1 aromatic carbocycles. The molecule has 6 rings (SSSR count). The van der Waals surface area contributed by atoms with Gasteiger partial charge in [0.15, 0.2) is 5.78 Å². The fraction of sp³-hybridized carbons (Fsp3) is 0.296. The third kappa shape index (κ3) is 3.77. The number of nitrogens with zero attached hydrogens (tertiary/aromatic N) is 1. The van der Waals surface area contributed by atoms with Gasteiger partial charge in [0.05, 0.1) is 40.0 Å². The first-order valence-corrected chi connectivity index (χ1v) is 12.4. The van der Waals surface area contributed by atoms with Gasteiger partial charge < -0.3 is 25.1 Å². The van der Waals surface area contributed by atoms with Crippen molar-refractivity contribution in [1.82, 2.24) is 9.97 Å². The molecule has 1 saturated carbocycles. The van der Waals surface area contributed by atoms with Crippen molar-refractivity contribution in [2.24, 2.45) is 0 Å². The average Bonchev–Trinajstić information content (AvgIpc) is 3.51. The fourth-order valence-corrected chi connectivity index (χ4v) is 5.61. The molecule has 0 radical (unpaired) electrons. The van der Waals surface area contributed by atoms with Crippen molar-refractivity contribution in [3.63, 3.8) is 0 Å². The summed E-state index contributed by atoms with van der Waals surface area (Å²) in [6.45, 7) is 0. The number of ketones is 1. The maximum atomic E-state index is 13.7. The summed E-state index contributed by atoms with van der Waals surface area (Å²) < 4.78 is 11.4. The minimum absolute atomic E-state index is 0.00190. The number of benzene rings is 1. The van der Waals surface area contributed by atoms with Crippen LogP contribution in [0.25, 0.3) is 11.0 Å². The Labute approximate surface area is 212 Å². The lowest BCUT2D eigenvalue weighted by molar-refractivity contribution is -0.120. The highest BCUT2D eigenvalue weighted by Gasteiger charge is 2.48. The Morgan fingerprint density at radius 1 is 1.22 bits per heavy atom. The number of hydrogen-bond acceptors (Lipinski definition) is 6. The lowest BCUT2D eigenvalue weighted by atomic mass is 9.91. The second kappa shape index (κ2) is 8.80. The highest BCUT2D eigenvalue weighted by atomic mass is 35.5. The van der Waals surface area contributed by atoms with Crippen LogP contribution in [0.5, 0.6) is 5.75 Å². The van der Waals surface area contributed by atoms with Gasteiger partial charge in [-0.05, 0) is 31.1 Å². The predicted molar refractivity (Wildman–Crippen MR) is 138 cm³/mol. The topological polar surface area (TPSA) is 105 Å². The number of allylic oxidation sites excluding steroid dienone is 4. The van der Waals surface area contributed by atoms with E-state index in [1.165, 1.54) is 0 Å². The number of rotatable bonds is 5. The second-order valence-corrected chi connectivity index (χ2v) is 9.93. The minimum atomic E-state index is -0.787. The van der Waals surface area contributed by atoms with Crippen LogP contribution in [0.3, 0.4) is 0 Å². The average molecular weight is 505 g/mol. The number of para-hydroxylation sites is 1. The molecule has 1 fully saturated rings. The molecule has 0 bridgehead atoms. The molecule has 1 amide bonds. The zero-order chi connectivity index (χ0) is 24.9. The number of methoxy groups -OCH3 is 1. The van der Waals surface area contributed by atoms with Crippen molar-refractivity contribution in [2.45, 2.75) is 42.7 Å². The standard InChI is InChI=1S/C27H25ClN4O4/c1-35-17-9-10-27(12-17)26(34)31-21-14-30-25-22(23(21)32-27)19(13-29-25)24(33)18-8-7-16(11-20(18)28)36-15-5-3-2-4-6-15/h2-8,13-14,17,20,32H,9-12H2,1H3,(H,29,30)(H,31,34). The lowest BCUT2D eigenvalue weighted by Crippen LogP contribution is -2.51. The van der Waals surface area contributed by atoms with E-state index >= 15 is 0 Å². The number of carbonyl (C=O) groups is 2. The first-order valence-electron chi connectivity index (χ1n) is 11.9. The van der Waals surface area contributed by atoms with Gasteiger partial charge in [-0.3, -0.25) is 9.59 Å². The molecule has 36 heavy (non-hydrogen) atoms. The molecule has 0 saturated heterocycles. The quantitative estimate of drug-likeness (QED) is 0.335. The Morgan fingerprint density at radius 2 is 2.06 bits per heavy atom. The number of nitrogens with one attached hydrogen (secondary N) is 3. The molecule has 9 heteroatoms. The zero-order valence-corrected chi connectivity index (χ0v) is 20.4. The van der Waals surface area contributed by atoms with E-state index in [1.54, 1.807) is 31.7 Å². The molecular formula is C27H25ClN4O4. The highest BCUT2D eigenvalue weighted by molar-refractivity contribution is 6.30. The molecule has 3 atom stereocenters. The number of ether oxygens (including phenoxy) is 2. The molecule has 1 spiro atoms. The van der Waals surface area contributed by atoms with Crippen molar-refractivity contribution in [3.05, 3.63) is 71.8 Å². The largest absolute Gasteiger partial charge is 0.462 e. The Kier molecular flexibility index (Phi) is 5.58. The SMILES string of the molecule is COC1CCC2(C1)Nc1c(cnc3[nH]cc(C(=O)C4=CC=C(Oc5ccccc5)CC4Cl)c13)NC2=O. The van der Waals surface area contributed by atoms with Crippen LogP contribution in [0.1, 0.15) is 36.0 Å². The molecule has 3 aliphatic rings. The molecule has 2 aromatic heterocycles. The van der Waals surface area contributed by atoms with Gasteiger partial charge in [0.2, 0.25) is 5.91 Å². The van der Waals surface area contributed by atoms with Gasteiger partial charge in [-0.15, -0.1) is 11.6 Å². The first-order chi connectivity index (χ1) is 17.5. The van der Waals surface area contributed by atoms with Crippen LogP contribution in [0.15, 0.2) is 66.2 Å². The zero-order valence-electron chi connectivity index (χ0n) is 19.6. The van der Waals surface area contributed by atoms with Crippen LogP contribution >= 0.6 is 11.6 Å². The van der Waals surface area contributed by atoms with E-state index in [9.17, 15) is 9.59 Å². The molecule has 3 unspecified atom stereocenters. The van der Waals surface area contributed by atoms with Gasteiger partial charge in [-0.1, -0.05) is 24.3 Å². The maximum absolute atomic E-state index is 13.7. The molecule has 184 valence electrons. The molecule has 1 aliphatic heterocycles. The summed E-state index contributed by atoms with van der Waals surface area (Å²) in [7, 11) is 1.66. The number of amides is 1. The number of alkyl halides is 1. The van der Waals surface area contributed by atoms with Crippen LogP contribution in [0.2, 0.25) is 0 Å². The Balaban J connectivity index is 1.34. The van der Waals surface area contributed by atoms with Crippen molar-refractivity contribution < 1.29 is 19.1 Å². The third-order valence-corrected chi connectivity index (χ3v) is 7.61. The van der Waals surface area contributed by atoms with Crippen molar-refractivity contribution in [3.8, 4) is 5.75 Å². The summed E-state index contributed by atoms with van der Waals surface area (Å²) in [5.74, 6) is 1.11. The van der Waals surface area contributed by atoms with Gasteiger partial charge >= 0.3 is 0 Å². The van der Waals surface area contributed by atoms with E-state index in [0.717, 1.165) is 12.2 Å². The van der Waals surface area contributed by atoms with Gasteiger partial charge in [-0.2, -0.15) is 0 Å². The molecule has 3 heterocycles. The molecule has 3 N–H and O–H groups in total. The van der Waals surface area contributed by atoms with Gasteiger partial charge in [0, 0.05) is 31.7 Å². The summed E-state index contributed by atoms with van der Waals surface area (Å²) >= 11 is 6.68. The third-order valence-electron chi connectivity index (χ3n) is 7.22. The van der Waals surface area contributed by atoms with Crippen molar-refractivity contribution >= 4 is 45.7 Å². The Bertz CT molecular complexity index is 1430. The van der Waals surface area contributed by atoms with Crippen LogP contribution in [-0.2, 0) is 9.53 Å². The number of fused-ring (bicyclic) bond motifs is 3. The number of anilines is 2. The number of H-pyrrole nitrogens is 1. The number of hydrogen-bond donors (Lipinski definition) is 3. The summed E-state index contributed by atoms with van der Waals surface area (Å²) in [6.07, 6.45) is 9.12. The Hall–Kier alpha value is -3.62. The molecular weight excluding hydrogens is 480 g/mol. The second-order valence-electron chi connectivity index (χ2n) is 9.41. The van der Waals surface area contributed by atoms with Gasteiger partial charge in [0.1, 0.15) is 22.7 Å². The van der Waals surface area contributed by atoms with Gasteiger partial charge in [0.25, 0.3) is 0 Å². The van der Waals surface area contributed by atoms with E-state index in [-0.39, 0.29) is 17.8 Å². The van der Waals surface area contributed by atoms with Crippen LogP contribution < -0.4 is 15.4 Å². The maximum Gasteiger partial charge on any atom is 0.250 e. The van der Waals surface area contributed by atoms with E-state index in [0.29, 0.717) is 58.6 Å². The summed E-state index contributed by atoms with van der Waals surface area (Å²) in [5, 5.41) is 6.55. The number of halogens is 1. The van der Waals surface area contributed by atoms with Crippen molar-refractivity contribution in [2.75, 3.05) is 17.7 Å². The van der Waals surface area contributed by atoms with Crippen molar-refractivity contribution in [1.29, 1.82) is 0 Å². The minimum Gasteiger partial charge on any atom is -0.462 e. The van der Waals surface area contributed by atoms with Crippen LogP contribution in [0.4, 0.5) is 11.4 Å². The number of carbonyl (C=O) groups excluding carboxylic acids is 2. The smallest absolute Gasteiger partial charge is 0.250 e. The molecule has 2 aliphatic carbocycles. The summed E-state index contributed by atoms with van der Waals surface area (Å²) in [5.41, 5.74) is 1.93.